The molecule has 3 rings (SSSR count). The van der Waals surface area contributed by atoms with Crippen LogP contribution in [-0.4, -0.2) is 38.4 Å². The van der Waals surface area contributed by atoms with Crippen molar-refractivity contribution in [1.82, 2.24) is 15.0 Å². The first-order chi connectivity index (χ1) is 13.8. The van der Waals surface area contributed by atoms with Crippen LogP contribution in [0.15, 0.2) is 48.5 Å². The number of halogens is 1. The molecule has 0 aliphatic rings. The molecule has 1 heterocycles. The van der Waals surface area contributed by atoms with Crippen molar-refractivity contribution in [3.63, 3.8) is 0 Å². The Hall–Kier alpha value is -4.15. The molecule has 1 aromatic heterocycles. The van der Waals surface area contributed by atoms with E-state index in [-0.39, 0.29) is 5.69 Å². The molecule has 1 N–H and O–H groups in total. The fraction of sp³-hybridized carbons (Fsp3) is 0.111. The number of rotatable bonds is 6. The zero-order valence-electron chi connectivity index (χ0n) is 15.0. The molecule has 0 atom stereocenters. The Morgan fingerprint density at radius 1 is 1.21 bits per heavy atom. The predicted molar refractivity (Wildman–Crippen MR) is 98.1 cm³/mol. The van der Waals surface area contributed by atoms with Gasteiger partial charge in [-0.1, -0.05) is 18.2 Å². The van der Waals surface area contributed by atoms with Crippen LogP contribution in [0.1, 0.15) is 16.2 Å². The van der Waals surface area contributed by atoms with Crippen LogP contribution in [0, 0.1) is 22.9 Å². The third-order valence-corrected chi connectivity index (χ3v) is 3.73. The molecule has 0 aliphatic carbocycles. The Bertz CT molecular complexity index is 1080. The molecule has 0 fully saturated rings. The van der Waals surface area contributed by atoms with Gasteiger partial charge in [0.2, 0.25) is 0 Å². The standard InChI is InChI=1S/C18H14FN5O5/c1-11-17(22-23(21-11)12-5-3-2-4-6-12)18(26)29-10-16(25)20-15-9-13(24(27)28)7-8-14(15)19/h2-9H,10H2,1H3,(H,20,25). The van der Waals surface area contributed by atoms with Crippen LogP contribution < -0.4 is 5.32 Å². The van der Waals surface area contributed by atoms with Crippen molar-refractivity contribution in [1.29, 1.82) is 0 Å². The smallest absolute Gasteiger partial charge is 0.361 e. The molecule has 1 amide bonds. The molecule has 2 aromatic carbocycles. The quantitative estimate of drug-likeness (QED) is 0.383. The highest BCUT2D eigenvalue weighted by Gasteiger charge is 2.20. The van der Waals surface area contributed by atoms with Crippen molar-refractivity contribution in [2.24, 2.45) is 0 Å². The van der Waals surface area contributed by atoms with Crippen molar-refractivity contribution in [3.05, 3.63) is 75.9 Å². The van der Waals surface area contributed by atoms with Gasteiger partial charge in [-0.25, -0.2) is 9.18 Å². The van der Waals surface area contributed by atoms with Crippen LogP contribution in [0.5, 0.6) is 0 Å². The van der Waals surface area contributed by atoms with E-state index in [4.69, 9.17) is 4.74 Å². The number of aryl methyl sites for hydroxylation is 1. The zero-order chi connectivity index (χ0) is 21.0. The van der Waals surface area contributed by atoms with Crippen LogP contribution in [0.3, 0.4) is 0 Å². The summed E-state index contributed by atoms with van der Waals surface area (Å²) in [6.07, 6.45) is 0. The van der Waals surface area contributed by atoms with Gasteiger partial charge in [-0.2, -0.15) is 9.90 Å². The fourth-order valence-electron chi connectivity index (χ4n) is 2.35. The Kier molecular flexibility index (Phi) is 5.58. The highest BCUT2D eigenvalue weighted by Crippen LogP contribution is 2.21. The van der Waals surface area contributed by atoms with Crippen LogP contribution in [0.25, 0.3) is 5.69 Å². The van der Waals surface area contributed by atoms with Gasteiger partial charge >= 0.3 is 5.97 Å². The number of aromatic nitrogens is 3. The summed E-state index contributed by atoms with van der Waals surface area (Å²) >= 11 is 0. The van der Waals surface area contributed by atoms with Crippen molar-refractivity contribution >= 4 is 23.3 Å². The second-order valence-electron chi connectivity index (χ2n) is 5.80. The monoisotopic (exact) mass is 399 g/mol. The summed E-state index contributed by atoms with van der Waals surface area (Å²) < 4.78 is 18.6. The molecular formula is C18H14FN5O5. The first-order valence-corrected chi connectivity index (χ1v) is 8.25. The van der Waals surface area contributed by atoms with Gasteiger partial charge in [0.05, 0.1) is 22.0 Å². The molecule has 0 radical (unpaired) electrons. The minimum absolute atomic E-state index is 0.0804. The summed E-state index contributed by atoms with van der Waals surface area (Å²) in [5.41, 5.74) is 0.0546. The minimum atomic E-state index is -0.889. The van der Waals surface area contributed by atoms with Gasteiger partial charge in [-0.05, 0) is 25.1 Å². The van der Waals surface area contributed by atoms with E-state index < -0.39 is 40.6 Å². The fourth-order valence-corrected chi connectivity index (χ4v) is 2.35. The Morgan fingerprint density at radius 3 is 2.62 bits per heavy atom. The Labute approximate surface area is 163 Å². The van der Waals surface area contributed by atoms with Gasteiger partial charge in [-0.3, -0.25) is 14.9 Å². The average Bonchev–Trinajstić information content (AvgIpc) is 3.10. The number of nitrogens with zero attached hydrogens (tertiary/aromatic N) is 4. The first-order valence-electron chi connectivity index (χ1n) is 8.25. The molecule has 0 unspecified atom stereocenters. The normalized spacial score (nSPS) is 10.4. The number of esters is 1. The lowest BCUT2D eigenvalue weighted by atomic mass is 10.2. The molecule has 0 spiro atoms. The summed E-state index contributed by atoms with van der Waals surface area (Å²) in [4.78, 5) is 35.4. The number of ether oxygens (including phenoxy) is 1. The largest absolute Gasteiger partial charge is 0.451 e. The number of nitrogens with one attached hydrogen (secondary N) is 1. The molecule has 11 heteroatoms. The summed E-state index contributed by atoms with van der Waals surface area (Å²) in [6, 6.07) is 11.6. The number of benzene rings is 2. The number of nitro benzene ring substituents is 1. The Balaban J connectivity index is 1.64. The Morgan fingerprint density at radius 2 is 1.93 bits per heavy atom. The second kappa shape index (κ2) is 8.25. The van der Waals surface area contributed by atoms with Crippen LogP contribution in [0.2, 0.25) is 0 Å². The summed E-state index contributed by atoms with van der Waals surface area (Å²) in [5, 5.41) is 21.0. The number of non-ortho nitro benzene ring substituents is 1. The number of carbonyl (C=O) groups is 2. The van der Waals surface area contributed by atoms with Crippen molar-refractivity contribution in [2.75, 3.05) is 11.9 Å². The van der Waals surface area contributed by atoms with E-state index in [1.165, 1.54) is 4.80 Å². The lowest BCUT2D eigenvalue weighted by Crippen LogP contribution is -2.22. The molecule has 10 nitrogen and oxygen atoms in total. The number of amides is 1. The van der Waals surface area contributed by atoms with Gasteiger partial charge in [-0.15, -0.1) is 5.10 Å². The third kappa shape index (κ3) is 4.58. The van der Waals surface area contributed by atoms with Crippen molar-refractivity contribution in [2.45, 2.75) is 6.92 Å². The highest BCUT2D eigenvalue weighted by molar-refractivity contribution is 5.95. The number of hydrogen-bond acceptors (Lipinski definition) is 7. The molecular weight excluding hydrogens is 385 g/mol. The van der Waals surface area contributed by atoms with E-state index in [1.54, 1.807) is 31.2 Å². The third-order valence-electron chi connectivity index (χ3n) is 3.73. The molecule has 148 valence electrons. The van der Waals surface area contributed by atoms with Crippen LogP contribution in [-0.2, 0) is 9.53 Å². The molecule has 0 aliphatic heterocycles. The van der Waals surface area contributed by atoms with Gasteiger partial charge in [0.1, 0.15) is 5.82 Å². The summed E-state index contributed by atoms with van der Waals surface area (Å²) in [6.45, 7) is 0.820. The molecule has 29 heavy (non-hydrogen) atoms. The number of nitro groups is 1. The topological polar surface area (TPSA) is 129 Å². The zero-order valence-corrected chi connectivity index (χ0v) is 15.0. The SMILES string of the molecule is Cc1nn(-c2ccccc2)nc1C(=O)OCC(=O)Nc1cc([N+](=O)[O-])ccc1F. The minimum Gasteiger partial charge on any atom is -0.451 e. The molecule has 0 bridgehead atoms. The number of anilines is 1. The maximum absolute atomic E-state index is 13.7. The maximum Gasteiger partial charge on any atom is 0.361 e. The van der Waals surface area contributed by atoms with Gasteiger partial charge < -0.3 is 10.1 Å². The maximum atomic E-state index is 13.7. The first kappa shape index (κ1) is 19.6. The van der Waals surface area contributed by atoms with Crippen LogP contribution in [0.4, 0.5) is 15.8 Å². The van der Waals surface area contributed by atoms with Crippen molar-refractivity contribution < 1.29 is 23.6 Å². The van der Waals surface area contributed by atoms with Gasteiger partial charge in [0.25, 0.3) is 11.6 Å². The summed E-state index contributed by atoms with van der Waals surface area (Å²) in [7, 11) is 0. The lowest BCUT2D eigenvalue weighted by molar-refractivity contribution is -0.384. The molecule has 0 saturated carbocycles. The molecule has 3 aromatic rings. The number of para-hydroxylation sites is 1. The van der Waals surface area contributed by atoms with Gasteiger partial charge in [0, 0.05) is 12.1 Å². The van der Waals surface area contributed by atoms with E-state index in [2.05, 4.69) is 15.5 Å². The molecule has 0 saturated heterocycles. The number of carbonyl (C=O) groups excluding carboxylic acids is 2. The second-order valence-corrected chi connectivity index (χ2v) is 5.80. The predicted octanol–water partition coefficient (Wildman–Crippen LogP) is 2.42. The van der Waals surface area contributed by atoms with Crippen molar-refractivity contribution in [3.8, 4) is 5.69 Å². The highest BCUT2D eigenvalue weighted by atomic mass is 19.1. The van der Waals surface area contributed by atoms with Crippen LogP contribution >= 0.6 is 0 Å². The van der Waals surface area contributed by atoms with E-state index in [0.29, 0.717) is 11.4 Å². The van der Waals surface area contributed by atoms with E-state index in [1.807, 2.05) is 6.07 Å². The summed E-state index contributed by atoms with van der Waals surface area (Å²) in [5.74, 6) is -2.62. The van der Waals surface area contributed by atoms with E-state index in [0.717, 1.165) is 18.2 Å². The van der Waals surface area contributed by atoms with E-state index >= 15 is 0 Å². The van der Waals surface area contributed by atoms with E-state index in [9.17, 15) is 24.1 Å². The number of hydrogen-bond donors (Lipinski definition) is 1. The lowest BCUT2D eigenvalue weighted by Gasteiger charge is -2.07. The average molecular weight is 399 g/mol. The van der Waals surface area contributed by atoms with Gasteiger partial charge in [0.15, 0.2) is 12.3 Å².